The van der Waals surface area contributed by atoms with Crippen molar-refractivity contribution in [1.29, 1.82) is 0 Å². The lowest BCUT2D eigenvalue weighted by molar-refractivity contribution is -0.385. The highest BCUT2D eigenvalue weighted by Gasteiger charge is 2.33. The van der Waals surface area contributed by atoms with Crippen molar-refractivity contribution in [2.24, 2.45) is 0 Å². The summed E-state index contributed by atoms with van der Waals surface area (Å²) in [6, 6.07) is 7.13. The molecule has 6 nitrogen and oxygen atoms in total. The summed E-state index contributed by atoms with van der Waals surface area (Å²) in [5, 5.41) is 19.2. The van der Waals surface area contributed by atoms with Crippen LogP contribution in [0.2, 0.25) is 10.0 Å². The zero-order valence-corrected chi connectivity index (χ0v) is 15.9. The average molecular weight is 450 g/mol. The Morgan fingerprint density at radius 3 is 2.50 bits per heavy atom. The third-order valence-corrected chi connectivity index (χ3v) is 5.08. The normalized spacial score (nSPS) is 11.6. The number of rotatable bonds is 5. The number of hydrogen-bond acceptors (Lipinski definition) is 6. The molecule has 0 N–H and O–H groups in total. The lowest BCUT2D eigenvalue weighted by atomic mass is 10.1. The van der Waals surface area contributed by atoms with E-state index in [4.69, 9.17) is 27.6 Å². The summed E-state index contributed by atoms with van der Waals surface area (Å²) in [5.74, 6) is 0.132. The van der Waals surface area contributed by atoms with Gasteiger partial charge in [0.15, 0.2) is 0 Å². The van der Waals surface area contributed by atoms with Crippen molar-refractivity contribution in [2.45, 2.75) is 17.2 Å². The van der Waals surface area contributed by atoms with Gasteiger partial charge in [-0.15, -0.1) is 10.2 Å². The fraction of sp³-hybridized carbons (Fsp3) is 0.125. The second-order valence-corrected chi connectivity index (χ2v) is 7.17. The van der Waals surface area contributed by atoms with E-state index in [9.17, 15) is 23.3 Å². The first-order chi connectivity index (χ1) is 13.1. The first kappa shape index (κ1) is 20.4. The fourth-order valence-corrected chi connectivity index (χ4v) is 3.19. The molecular formula is C16H8Cl2F3N3O3S. The monoisotopic (exact) mass is 449 g/mol. The van der Waals surface area contributed by atoms with E-state index in [1.807, 2.05) is 0 Å². The molecule has 0 aliphatic heterocycles. The molecule has 0 amide bonds. The van der Waals surface area contributed by atoms with Gasteiger partial charge in [-0.25, -0.2) is 0 Å². The number of halogens is 5. The van der Waals surface area contributed by atoms with Crippen molar-refractivity contribution in [3.05, 3.63) is 67.7 Å². The van der Waals surface area contributed by atoms with E-state index in [0.717, 1.165) is 23.4 Å². The lowest BCUT2D eigenvalue weighted by Crippen LogP contribution is -2.06. The highest BCUT2D eigenvalue weighted by molar-refractivity contribution is 7.98. The number of hydrogen-bond donors (Lipinski definition) is 0. The minimum Gasteiger partial charge on any atom is -0.411 e. The van der Waals surface area contributed by atoms with Crippen LogP contribution in [0.15, 0.2) is 46.0 Å². The van der Waals surface area contributed by atoms with E-state index in [-0.39, 0.29) is 16.7 Å². The first-order valence-corrected chi connectivity index (χ1v) is 9.15. The summed E-state index contributed by atoms with van der Waals surface area (Å²) in [7, 11) is 0. The van der Waals surface area contributed by atoms with Crippen LogP contribution in [0.5, 0.6) is 0 Å². The molecule has 0 saturated carbocycles. The van der Waals surface area contributed by atoms with Crippen LogP contribution in [0.4, 0.5) is 18.9 Å². The summed E-state index contributed by atoms with van der Waals surface area (Å²) < 4.78 is 44.3. The Morgan fingerprint density at radius 2 is 1.86 bits per heavy atom. The summed E-state index contributed by atoms with van der Waals surface area (Å²) in [6.45, 7) is 0. The number of non-ortho nitro benzene ring substituents is 1. The summed E-state index contributed by atoms with van der Waals surface area (Å²) in [6.07, 6.45) is -4.76. The highest BCUT2D eigenvalue weighted by Crippen LogP contribution is 2.36. The third kappa shape index (κ3) is 4.75. The van der Waals surface area contributed by atoms with Crippen LogP contribution in [0.25, 0.3) is 11.5 Å². The Bertz CT molecular complexity index is 1040. The van der Waals surface area contributed by atoms with Crippen molar-refractivity contribution in [3.63, 3.8) is 0 Å². The van der Waals surface area contributed by atoms with E-state index in [2.05, 4.69) is 10.2 Å². The van der Waals surface area contributed by atoms with Crippen LogP contribution in [0.1, 0.15) is 11.1 Å². The minimum absolute atomic E-state index is 0.0844. The molecule has 0 atom stereocenters. The number of aromatic nitrogens is 2. The molecule has 1 aromatic heterocycles. The zero-order chi connectivity index (χ0) is 20.5. The van der Waals surface area contributed by atoms with Gasteiger partial charge in [-0.1, -0.05) is 41.0 Å². The predicted molar refractivity (Wildman–Crippen MR) is 97.4 cm³/mol. The number of nitro benzene ring substituents is 1. The van der Waals surface area contributed by atoms with Crippen molar-refractivity contribution < 1.29 is 22.5 Å². The number of nitrogens with zero attached hydrogens (tertiary/aromatic N) is 3. The van der Waals surface area contributed by atoms with Crippen molar-refractivity contribution >= 4 is 40.7 Å². The molecule has 12 heteroatoms. The van der Waals surface area contributed by atoms with Gasteiger partial charge in [0.05, 0.1) is 20.5 Å². The second-order valence-electron chi connectivity index (χ2n) is 5.43. The van der Waals surface area contributed by atoms with E-state index in [0.29, 0.717) is 27.9 Å². The van der Waals surface area contributed by atoms with Gasteiger partial charge in [-0.2, -0.15) is 13.2 Å². The van der Waals surface area contributed by atoms with E-state index < -0.39 is 22.4 Å². The van der Waals surface area contributed by atoms with Crippen LogP contribution >= 0.6 is 35.0 Å². The molecule has 3 aromatic rings. The molecule has 0 aliphatic rings. The van der Waals surface area contributed by atoms with Gasteiger partial charge in [-0.3, -0.25) is 10.1 Å². The molecule has 0 saturated heterocycles. The van der Waals surface area contributed by atoms with Crippen molar-refractivity contribution in [1.82, 2.24) is 10.2 Å². The van der Waals surface area contributed by atoms with E-state index in [1.165, 1.54) is 0 Å². The maximum Gasteiger partial charge on any atom is 0.416 e. The molecule has 0 spiro atoms. The van der Waals surface area contributed by atoms with Gasteiger partial charge >= 0.3 is 6.18 Å². The molecule has 0 bridgehead atoms. The van der Waals surface area contributed by atoms with Gasteiger partial charge in [0.1, 0.15) is 0 Å². The molecule has 28 heavy (non-hydrogen) atoms. The quantitative estimate of drug-likeness (QED) is 0.259. The fourth-order valence-electron chi connectivity index (χ4n) is 2.16. The zero-order valence-electron chi connectivity index (χ0n) is 13.5. The van der Waals surface area contributed by atoms with Crippen LogP contribution in [-0.4, -0.2) is 15.1 Å². The molecule has 1 heterocycles. The summed E-state index contributed by atoms with van der Waals surface area (Å²) in [5.41, 5.74) is -1.29. The molecule has 0 radical (unpaired) electrons. The molecule has 146 valence electrons. The Labute approximate surface area is 169 Å². The molecule has 3 rings (SSSR count). The average Bonchev–Trinajstić information content (AvgIpc) is 3.10. The number of nitro groups is 1. The molecule has 0 unspecified atom stereocenters. The molecule has 0 aliphatic carbocycles. The Balaban J connectivity index is 1.83. The van der Waals surface area contributed by atoms with Gasteiger partial charge in [-0.05, 0) is 23.8 Å². The Morgan fingerprint density at radius 1 is 1.11 bits per heavy atom. The van der Waals surface area contributed by atoms with E-state index >= 15 is 0 Å². The molecular weight excluding hydrogens is 442 g/mol. The number of benzene rings is 2. The number of thioether (sulfide) groups is 1. The minimum atomic E-state index is -4.76. The van der Waals surface area contributed by atoms with Gasteiger partial charge < -0.3 is 4.42 Å². The lowest BCUT2D eigenvalue weighted by Gasteiger charge is -2.07. The third-order valence-electron chi connectivity index (χ3n) is 3.46. The van der Waals surface area contributed by atoms with Gasteiger partial charge in [0, 0.05) is 23.4 Å². The summed E-state index contributed by atoms with van der Waals surface area (Å²) in [4.78, 5) is 10.0. The Hall–Kier alpha value is -2.30. The van der Waals surface area contributed by atoms with Crippen molar-refractivity contribution in [2.75, 3.05) is 0 Å². The van der Waals surface area contributed by atoms with Gasteiger partial charge in [0.25, 0.3) is 10.9 Å². The smallest absolute Gasteiger partial charge is 0.411 e. The van der Waals surface area contributed by atoms with Crippen molar-refractivity contribution in [3.8, 4) is 11.5 Å². The maximum absolute atomic E-state index is 13.0. The summed E-state index contributed by atoms with van der Waals surface area (Å²) >= 11 is 12.9. The molecule has 0 fully saturated rings. The second kappa shape index (κ2) is 7.98. The number of alkyl halides is 3. The SMILES string of the molecule is O=[N+]([O-])c1cc(-c2nnc(SCc3ccc(Cl)c(Cl)c3)o2)cc(C(F)(F)F)c1. The predicted octanol–water partition coefficient (Wildman–Crippen LogP) is 6.26. The standard InChI is InChI=1S/C16H8Cl2F3N3O3S/c17-12-2-1-8(3-13(12)18)7-28-15-23-22-14(27-15)9-4-10(16(19,20)21)6-11(5-9)24(25)26/h1-6H,7H2. The van der Waals surface area contributed by atoms with Crippen LogP contribution < -0.4 is 0 Å². The van der Waals surface area contributed by atoms with Crippen LogP contribution in [0.3, 0.4) is 0 Å². The largest absolute Gasteiger partial charge is 0.416 e. The maximum atomic E-state index is 13.0. The van der Waals surface area contributed by atoms with Crippen LogP contribution in [-0.2, 0) is 11.9 Å². The molecule has 2 aromatic carbocycles. The Kier molecular flexibility index (Phi) is 5.82. The van der Waals surface area contributed by atoms with Crippen LogP contribution in [0, 0.1) is 10.1 Å². The first-order valence-electron chi connectivity index (χ1n) is 7.41. The van der Waals surface area contributed by atoms with E-state index in [1.54, 1.807) is 18.2 Å². The van der Waals surface area contributed by atoms with Gasteiger partial charge in [0.2, 0.25) is 5.89 Å². The topological polar surface area (TPSA) is 82.1 Å². The highest BCUT2D eigenvalue weighted by atomic mass is 35.5.